The largest absolute Gasteiger partial charge is 0.282 e. The van der Waals surface area contributed by atoms with Crippen LogP contribution in [0.15, 0.2) is 30.5 Å². The van der Waals surface area contributed by atoms with E-state index in [9.17, 15) is 8.42 Å². The molecule has 0 aliphatic rings. The maximum atomic E-state index is 11.5. The van der Waals surface area contributed by atoms with E-state index in [2.05, 4.69) is 20.8 Å². The summed E-state index contributed by atoms with van der Waals surface area (Å²) in [4.78, 5) is 9.08. The first-order valence-electron chi connectivity index (χ1n) is 7.22. The Morgan fingerprint density at radius 2 is 2.17 bits per heavy atom. The van der Waals surface area contributed by atoms with Crippen LogP contribution in [0, 0.1) is 13.0 Å². The molecule has 3 rings (SSSR count). The van der Waals surface area contributed by atoms with Crippen LogP contribution in [0.4, 0.5) is 5.69 Å². The van der Waals surface area contributed by atoms with Crippen molar-refractivity contribution in [3.8, 4) is 5.69 Å². The average molecular weight is 329 g/mol. The fraction of sp³-hybridized carbons (Fsp3) is 0.250. The van der Waals surface area contributed by atoms with Crippen LogP contribution in [0.5, 0.6) is 0 Å². The molecule has 0 aliphatic carbocycles. The molecule has 0 amide bonds. The van der Waals surface area contributed by atoms with Gasteiger partial charge in [-0.2, -0.15) is 0 Å². The summed E-state index contributed by atoms with van der Waals surface area (Å²) in [6.45, 7) is 3.86. The van der Waals surface area contributed by atoms with Gasteiger partial charge in [0.15, 0.2) is 5.65 Å². The summed E-state index contributed by atoms with van der Waals surface area (Å²) in [5.74, 6) is 0.867. The first-order valence-corrected chi connectivity index (χ1v) is 9.11. The van der Waals surface area contributed by atoms with Gasteiger partial charge in [-0.15, -0.1) is 0 Å². The Morgan fingerprint density at radius 1 is 1.39 bits per heavy atom. The molecule has 0 saturated heterocycles. The molecule has 1 N–H and O–H groups in total. The molecule has 1 aromatic carbocycles. The minimum Gasteiger partial charge on any atom is -0.282 e. The third kappa shape index (κ3) is 2.92. The zero-order chi connectivity index (χ0) is 16.6. The molecule has 0 atom stereocenters. The van der Waals surface area contributed by atoms with Crippen LogP contribution in [0.3, 0.4) is 0 Å². The maximum Gasteiger partial charge on any atom is 0.229 e. The summed E-state index contributed by atoms with van der Waals surface area (Å²) < 4.78 is 27.4. The molecule has 119 valence electrons. The van der Waals surface area contributed by atoms with E-state index in [0.717, 1.165) is 29.8 Å². The number of aromatic nitrogens is 3. The monoisotopic (exact) mass is 329 g/mol. The van der Waals surface area contributed by atoms with Crippen LogP contribution in [-0.4, -0.2) is 29.2 Å². The zero-order valence-electron chi connectivity index (χ0n) is 13.2. The highest BCUT2D eigenvalue weighted by Gasteiger charge is 2.17. The summed E-state index contributed by atoms with van der Waals surface area (Å²) in [5.41, 5.74) is 3.54. The summed E-state index contributed by atoms with van der Waals surface area (Å²) in [7, 11) is -3.36. The Balaban J connectivity index is 2.25. The standard InChI is InChI=1S/C16H17N4O2S/c1-4-14-18-15-11(2)13(19-23(3,21)22)10-17-16(15)20(14)12-8-6-5-7-9-12/h5-6,8-10,19H,4H2,1-3H3. The minimum atomic E-state index is -3.36. The van der Waals surface area contributed by atoms with Gasteiger partial charge in [-0.3, -0.25) is 9.29 Å². The summed E-state index contributed by atoms with van der Waals surface area (Å²) in [6.07, 6.45) is 3.38. The number of imidazole rings is 1. The lowest BCUT2D eigenvalue weighted by Gasteiger charge is -2.09. The van der Waals surface area contributed by atoms with E-state index in [1.165, 1.54) is 6.20 Å². The number of nitrogens with one attached hydrogen (secondary N) is 1. The molecule has 0 saturated carbocycles. The van der Waals surface area contributed by atoms with Crippen LogP contribution in [0.2, 0.25) is 0 Å². The lowest BCUT2D eigenvalue weighted by atomic mass is 10.2. The van der Waals surface area contributed by atoms with Crippen molar-refractivity contribution in [1.82, 2.24) is 14.5 Å². The number of nitrogens with zero attached hydrogens (tertiary/aromatic N) is 3. The Labute approximate surface area is 135 Å². The number of hydrogen-bond donors (Lipinski definition) is 1. The van der Waals surface area contributed by atoms with Gasteiger partial charge >= 0.3 is 0 Å². The van der Waals surface area contributed by atoms with Crippen molar-refractivity contribution in [2.24, 2.45) is 0 Å². The van der Waals surface area contributed by atoms with E-state index in [0.29, 0.717) is 16.9 Å². The lowest BCUT2D eigenvalue weighted by Crippen LogP contribution is -2.11. The Morgan fingerprint density at radius 3 is 2.78 bits per heavy atom. The molecule has 7 heteroatoms. The molecular formula is C16H17N4O2S. The van der Waals surface area contributed by atoms with Crippen molar-refractivity contribution >= 4 is 26.9 Å². The van der Waals surface area contributed by atoms with Crippen molar-refractivity contribution in [1.29, 1.82) is 0 Å². The third-order valence-corrected chi connectivity index (χ3v) is 4.15. The SMILES string of the molecule is CCc1nc2c(C)c(NS(C)(=O)=O)cnc2n1-c1c[c]ccc1. The van der Waals surface area contributed by atoms with E-state index in [4.69, 9.17) is 0 Å². The van der Waals surface area contributed by atoms with E-state index in [1.807, 2.05) is 42.7 Å². The highest BCUT2D eigenvalue weighted by molar-refractivity contribution is 7.92. The van der Waals surface area contributed by atoms with Gasteiger partial charge in [-0.25, -0.2) is 18.4 Å². The van der Waals surface area contributed by atoms with Gasteiger partial charge in [0.05, 0.1) is 18.1 Å². The summed E-state index contributed by atoms with van der Waals surface area (Å²) in [6, 6.07) is 10.6. The van der Waals surface area contributed by atoms with Crippen molar-refractivity contribution in [3.63, 3.8) is 0 Å². The first kappa shape index (κ1) is 15.5. The van der Waals surface area contributed by atoms with Gasteiger partial charge in [0.25, 0.3) is 0 Å². The Bertz CT molecular complexity index is 963. The van der Waals surface area contributed by atoms with Gasteiger partial charge in [0.2, 0.25) is 10.0 Å². The number of fused-ring (bicyclic) bond motifs is 1. The number of sulfonamides is 1. The smallest absolute Gasteiger partial charge is 0.229 e. The van der Waals surface area contributed by atoms with Crippen LogP contribution in [0.1, 0.15) is 18.3 Å². The van der Waals surface area contributed by atoms with Crippen LogP contribution >= 0.6 is 0 Å². The van der Waals surface area contributed by atoms with Gasteiger partial charge in [0.1, 0.15) is 11.3 Å². The van der Waals surface area contributed by atoms with Gasteiger partial charge in [-0.1, -0.05) is 19.1 Å². The average Bonchev–Trinajstić information content (AvgIpc) is 2.89. The highest BCUT2D eigenvalue weighted by Crippen LogP contribution is 2.27. The molecule has 23 heavy (non-hydrogen) atoms. The second-order valence-electron chi connectivity index (χ2n) is 5.32. The van der Waals surface area contributed by atoms with Crippen molar-refractivity contribution in [2.45, 2.75) is 20.3 Å². The van der Waals surface area contributed by atoms with Crippen molar-refractivity contribution in [3.05, 3.63) is 47.9 Å². The number of aryl methyl sites for hydroxylation is 2. The molecule has 0 aliphatic heterocycles. The first-order chi connectivity index (χ1) is 10.9. The normalized spacial score (nSPS) is 11.8. The number of pyridine rings is 1. The molecule has 6 nitrogen and oxygen atoms in total. The van der Waals surface area contributed by atoms with Gasteiger partial charge in [0, 0.05) is 17.7 Å². The molecule has 1 radical (unpaired) electrons. The fourth-order valence-corrected chi connectivity index (χ4v) is 3.12. The number of rotatable bonds is 4. The van der Waals surface area contributed by atoms with Crippen LogP contribution < -0.4 is 4.72 Å². The Hall–Kier alpha value is -2.41. The number of benzene rings is 1. The maximum absolute atomic E-state index is 11.5. The van der Waals surface area contributed by atoms with Gasteiger partial charge < -0.3 is 0 Å². The summed E-state index contributed by atoms with van der Waals surface area (Å²) in [5, 5.41) is 0. The second-order valence-corrected chi connectivity index (χ2v) is 7.07. The lowest BCUT2D eigenvalue weighted by molar-refractivity contribution is 0.606. The van der Waals surface area contributed by atoms with Crippen LogP contribution in [0.25, 0.3) is 16.9 Å². The Kier molecular flexibility index (Phi) is 3.81. The highest BCUT2D eigenvalue weighted by atomic mass is 32.2. The van der Waals surface area contributed by atoms with Crippen molar-refractivity contribution < 1.29 is 8.42 Å². The predicted octanol–water partition coefficient (Wildman–Crippen LogP) is 2.46. The second kappa shape index (κ2) is 5.66. The van der Waals surface area contributed by atoms with E-state index in [1.54, 1.807) is 0 Å². The van der Waals surface area contributed by atoms with Crippen molar-refractivity contribution in [2.75, 3.05) is 11.0 Å². The molecule has 2 aromatic heterocycles. The quantitative estimate of drug-likeness (QED) is 0.797. The fourth-order valence-electron chi connectivity index (χ4n) is 2.51. The topological polar surface area (TPSA) is 76.9 Å². The van der Waals surface area contributed by atoms with E-state index >= 15 is 0 Å². The molecule has 0 fully saturated rings. The third-order valence-electron chi connectivity index (χ3n) is 3.56. The molecule has 0 spiro atoms. The molecular weight excluding hydrogens is 312 g/mol. The zero-order valence-corrected chi connectivity index (χ0v) is 14.0. The van der Waals surface area contributed by atoms with E-state index < -0.39 is 10.0 Å². The summed E-state index contributed by atoms with van der Waals surface area (Å²) >= 11 is 0. The van der Waals surface area contributed by atoms with Gasteiger partial charge in [-0.05, 0) is 25.1 Å². The minimum absolute atomic E-state index is 0.451. The predicted molar refractivity (Wildman–Crippen MR) is 90.3 cm³/mol. The number of hydrogen-bond acceptors (Lipinski definition) is 4. The molecule has 3 aromatic rings. The molecule has 0 bridgehead atoms. The number of anilines is 1. The molecule has 0 unspecified atom stereocenters. The van der Waals surface area contributed by atoms with E-state index in [-0.39, 0.29) is 0 Å². The molecule has 2 heterocycles. The van der Waals surface area contributed by atoms with Crippen LogP contribution in [-0.2, 0) is 16.4 Å².